The number of rotatable bonds is 2. The molecule has 80 valence electrons. The Kier molecular flexibility index (Phi) is 2.39. The third-order valence-electron chi connectivity index (χ3n) is 2.81. The topological polar surface area (TPSA) is 26.9 Å². The molecule has 2 rings (SSSR count). The maximum atomic E-state index is 12.0. The van der Waals surface area contributed by atoms with Gasteiger partial charge in [-0.15, -0.1) is 0 Å². The van der Waals surface area contributed by atoms with Crippen molar-refractivity contribution in [2.45, 2.75) is 26.8 Å². The number of nitrogens with zero attached hydrogens (tertiary/aromatic N) is 2. The summed E-state index contributed by atoms with van der Waals surface area (Å²) < 4.78 is 3.59. The molecule has 0 aliphatic rings. The zero-order valence-electron chi connectivity index (χ0n) is 9.45. The van der Waals surface area contributed by atoms with Crippen molar-refractivity contribution in [2.24, 2.45) is 7.05 Å². The van der Waals surface area contributed by atoms with Gasteiger partial charge >= 0.3 is 5.69 Å². The van der Waals surface area contributed by atoms with E-state index in [9.17, 15) is 4.79 Å². The molecule has 3 heteroatoms. The van der Waals surface area contributed by atoms with Crippen LogP contribution >= 0.6 is 0 Å². The van der Waals surface area contributed by atoms with Crippen molar-refractivity contribution in [2.75, 3.05) is 0 Å². The van der Waals surface area contributed by atoms with Gasteiger partial charge < -0.3 is 0 Å². The van der Waals surface area contributed by atoms with Crippen molar-refractivity contribution in [1.29, 1.82) is 0 Å². The molecule has 0 atom stereocenters. The summed E-state index contributed by atoms with van der Waals surface area (Å²) in [7, 11) is 1.83. The fourth-order valence-corrected chi connectivity index (χ4v) is 2.08. The van der Waals surface area contributed by atoms with E-state index >= 15 is 0 Å². The van der Waals surface area contributed by atoms with Gasteiger partial charge in [0, 0.05) is 13.6 Å². The molecule has 0 aliphatic carbocycles. The first-order valence-corrected chi connectivity index (χ1v) is 5.31. The summed E-state index contributed by atoms with van der Waals surface area (Å²) in [6, 6.07) is 6.04. The first-order valence-electron chi connectivity index (χ1n) is 5.31. The van der Waals surface area contributed by atoms with Crippen molar-refractivity contribution in [3.8, 4) is 0 Å². The van der Waals surface area contributed by atoms with Crippen LogP contribution < -0.4 is 5.69 Å². The summed E-state index contributed by atoms with van der Waals surface area (Å²) in [5.41, 5.74) is 3.35. The first kappa shape index (κ1) is 10.0. The molecule has 0 saturated heterocycles. The van der Waals surface area contributed by atoms with Gasteiger partial charge in [0.25, 0.3) is 0 Å². The predicted octanol–water partition coefficient (Wildman–Crippen LogP) is 2.06. The lowest BCUT2D eigenvalue weighted by atomic mass is 10.2. The Labute approximate surface area is 88.9 Å². The minimum atomic E-state index is 0.0844. The Bertz CT molecular complexity index is 548. The average molecular weight is 204 g/mol. The maximum Gasteiger partial charge on any atom is 0.328 e. The van der Waals surface area contributed by atoms with Crippen LogP contribution in [0.2, 0.25) is 0 Å². The Morgan fingerprint density at radius 2 is 2.07 bits per heavy atom. The number of imidazole rings is 1. The lowest BCUT2D eigenvalue weighted by molar-refractivity contribution is 0.651. The van der Waals surface area contributed by atoms with Crippen LogP contribution in [0.3, 0.4) is 0 Å². The Hall–Kier alpha value is -1.51. The summed E-state index contributed by atoms with van der Waals surface area (Å²) in [5.74, 6) is 0. The standard InChI is InChI=1S/C12H16N2O/c1-4-8-14-11-9(2)6-5-7-10(11)13(3)12(14)15/h5-7H,4,8H2,1-3H3. The summed E-state index contributed by atoms with van der Waals surface area (Å²) in [5, 5.41) is 0. The molecule has 0 N–H and O–H groups in total. The summed E-state index contributed by atoms with van der Waals surface area (Å²) in [4.78, 5) is 12.0. The SMILES string of the molecule is CCCn1c(=O)n(C)c2cccc(C)c21. The molecule has 0 bridgehead atoms. The Morgan fingerprint density at radius 1 is 1.33 bits per heavy atom. The Morgan fingerprint density at radius 3 is 2.73 bits per heavy atom. The molecule has 3 nitrogen and oxygen atoms in total. The van der Waals surface area contributed by atoms with Gasteiger partial charge in [-0.1, -0.05) is 19.1 Å². The van der Waals surface area contributed by atoms with Gasteiger partial charge in [0.05, 0.1) is 11.0 Å². The van der Waals surface area contributed by atoms with E-state index in [0.717, 1.165) is 24.0 Å². The third-order valence-corrected chi connectivity index (χ3v) is 2.81. The van der Waals surface area contributed by atoms with Crippen LogP contribution in [0, 0.1) is 6.92 Å². The minimum Gasteiger partial charge on any atom is -0.295 e. The van der Waals surface area contributed by atoms with Gasteiger partial charge in [-0.2, -0.15) is 0 Å². The summed E-state index contributed by atoms with van der Waals surface area (Å²) >= 11 is 0. The number of benzene rings is 1. The van der Waals surface area contributed by atoms with Crippen molar-refractivity contribution < 1.29 is 0 Å². The van der Waals surface area contributed by atoms with E-state index < -0.39 is 0 Å². The third kappa shape index (κ3) is 1.39. The minimum absolute atomic E-state index is 0.0844. The summed E-state index contributed by atoms with van der Waals surface area (Å²) in [6.07, 6.45) is 0.980. The second kappa shape index (κ2) is 3.57. The molecule has 0 unspecified atom stereocenters. The molecule has 2 aromatic rings. The van der Waals surface area contributed by atoms with E-state index in [1.807, 2.05) is 36.7 Å². The molecule has 0 radical (unpaired) electrons. The molecular weight excluding hydrogens is 188 g/mol. The zero-order chi connectivity index (χ0) is 11.0. The number of aromatic nitrogens is 2. The highest BCUT2D eigenvalue weighted by molar-refractivity contribution is 5.79. The van der Waals surface area contributed by atoms with Crippen molar-refractivity contribution in [3.05, 3.63) is 34.2 Å². The van der Waals surface area contributed by atoms with E-state index in [-0.39, 0.29) is 5.69 Å². The zero-order valence-corrected chi connectivity index (χ0v) is 9.45. The molecule has 1 aromatic carbocycles. The van der Waals surface area contributed by atoms with Gasteiger partial charge in [0.1, 0.15) is 0 Å². The van der Waals surface area contributed by atoms with Gasteiger partial charge in [0.2, 0.25) is 0 Å². The molecule has 0 saturated carbocycles. The second-order valence-corrected chi connectivity index (χ2v) is 3.94. The van der Waals surface area contributed by atoms with E-state index in [1.54, 1.807) is 4.57 Å². The van der Waals surface area contributed by atoms with Crippen LogP contribution in [-0.4, -0.2) is 9.13 Å². The van der Waals surface area contributed by atoms with Gasteiger partial charge in [-0.05, 0) is 25.0 Å². The van der Waals surface area contributed by atoms with E-state index in [4.69, 9.17) is 0 Å². The fraction of sp³-hybridized carbons (Fsp3) is 0.417. The molecule has 0 amide bonds. The maximum absolute atomic E-state index is 12.0. The smallest absolute Gasteiger partial charge is 0.295 e. The molecule has 1 aromatic heterocycles. The summed E-state index contributed by atoms with van der Waals surface area (Å²) in [6.45, 7) is 4.93. The predicted molar refractivity (Wildman–Crippen MR) is 62.2 cm³/mol. The van der Waals surface area contributed by atoms with Crippen LogP contribution in [0.5, 0.6) is 0 Å². The number of fused-ring (bicyclic) bond motifs is 1. The highest BCUT2D eigenvalue weighted by atomic mass is 16.1. The molecular formula is C12H16N2O. The van der Waals surface area contributed by atoms with Gasteiger partial charge in [-0.25, -0.2) is 4.79 Å². The number of hydrogen-bond acceptors (Lipinski definition) is 1. The van der Waals surface area contributed by atoms with Gasteiger partial charge in [-0.3, -0.25) is 9.13 Å². The van der Waals surface area contributed by atoms with Crippen LogP contribution in [0.1, 0.15) is 18.9 Å². The quantitative estimate of drug-likeness (QED) is 0.735. The van der Waals surface area contributed by atoms with Gasteiger partial charge in [0.15, 0.2) is 0 Å². The lowest BCUT2D eigenvalue weighted by Gasteiger charge is -2.02. The fourth-order valence-electron chi connectivity index (χ4n) is 2.08. The van der Waals surface area contributed by atoms with Crippen LogP contribution in [-0.2, 0) is 13.6 Å². The van der Waals surface area contributed by atoms with E-state index in [2.05, 4.69) is 6.92 Å². The lowest BCUT2D eigenvalue weighted by Crippen LogP contribution is -2.22. The number of para-hydroxylation sites is 1. The highest BCUT2D eigenvalue weighted by Gasteiger charge is 2.10. The monoisotopic (exact) mass is 204 g/mol. The van der Waals surface area contributed by atoms with E-state index in [0.29, 0.717) is 0 Å². The van der Waals surface area contributed by atoms with Crippen LogP contribution in [0.4, 0.5) is 0 Å². The molecule has 0 spiro atoms. The normalized spacial score (nSPS) is 11.1. The largest absolute Gasteiger partial charge is 0.328 e. The molecule has 15 heavy (non-hydrogen) atoms. The Balaban J connectivity index is 2.89. The number of hydrogen-bond donors (Lipinski definition) is 0. The second-order valence-electron chi connectivity index (χ2n) is 3.94. The average Bonchev–Trinajstić information content (AvgIpc) is 2.46. The highest BCUT2D eigenvalue weighted by Crippen LogP contribution is 2.16. The van der Waals surface area contributed by atoms with Crippen molar-refractivity contribution in [1.82, 2.24) is 9.13 Å². The molecule has 0 aliphatic heterocycles. The van der Waals surface area contributed by atoms with Crippen LogP contribution in [0.15, 0.2) is 23.0 Å². The molecule has 0 fully saturated rings. The van der Waals surface area contributed by atoms with Crippen LogP contribution in [0.25, 0.3) is 11.0 Å². The van der Waals surface area contributed by atoms with E-state index in [1.165, 1.54) is 5.56 Å². The van der Waals surface area contributed by atoms with Crippen molar-refractivity contribution >= 4 is 11.0 Å². The molecule has 1 heterocycles. The number of aryl methyl sites for hydroxylation is 3. The van der Waals surface area contributed by atoms with Crippen molar-refractivity contribution in [3.63, 3.8) is 0 Å². The first-order chi connectivity index (χ1) is 7.16.